The van der Waals surface area contributed by atoms with Crippen molar-refractivity contribution in [3.63, 3.8) is 0 Å². The molecule has 0 nitrogen and oxygen atoms in total. The maximum atomic E-state index is 12.2. The Kier molecular flexibility index (Phi) is 8.75. The summed E-state index contributed by atoms with van der Waals surface area (Å²) in [6.07, 6.45) is 11.4. The molecule has 1 aliphatic carbocycles. The number of benzene rings is 3. The van der Waals surface area contributed by atoms with Gasteiger partial charge in [0.2, 0.25) is 0 Å². The molecular weight excluding hydrogens is 403 g/mol. The largest absolute Gasteiger partial charge is 0.251 e. The van der Waals surface area contributed by atoms with Gasteiger partial charge in [-0.2, -0.15) is 0 Å². The summed E-state index contributed by atoms with van der Waals surface area (Å²) in [5.41, 5.74) is 8.29. The molecule has 1 fully saturated rings. The Labute approximate surface area is 200 Å². The van der Waals surface area contributed by atoms with Crippen molar-refractivity contribution in [2.24, 2.45) is 5.92 Å². The highest BCUT2D eigenvalue weighted by Gasteiger charge is 2.19. The maximum absolute atomic E-state index is 12.2. The molecule has 4 rings (SSSR count). The van der Waals surface area contributed by atoms with Crippen LogP contribution in [0, 0.1) is 5.92 Å². The third-order valence-corrected chi connectivity index (χ3v) is 7.51. The maximum Gasteiger partial charge on any atom is 0.0894 e. The van der Waals surface area contributed by atoms with E-state index in [1.807, 2.05) is 0 Å². The predicted octanol–water partition coefficient (Wildman–Crippen LogP) is 9.11. The quantitative estimate of drug-likeness (QED) is 0.275. The molecule has 0 atom stereocenters. The Hall–Kier alpha value is -2.41. The number of hydrogen-bond donors (Lipinski definition) is 0. The van der Waals surface area contributed by atoms with E-state index in [1.54, 1.807) is 0 Å². The van der Waals surface area contributed by atoms with E-state index in [9.17, 15) is 4.39 Å². The third-order valence-electron chi connectivity index (χ3n) is 7.51. The number of alkyl halides is 1. The van der Waals surface area contributed by atoms with Gasteiger partial charge in [-0.25, -0.2) is 0 Å². The molecule has 1 heteroatoms. The van der Waals surface area contributed by atoms with E-state index in [1.165, 1.54) is 59.1 Å². The minimum Gasteiger partial charge on any atom is -0.251 e. The zero-order valence-electron chi connectivity index (χ0n) is 20.2. The summed E-state index contributed by atoms with van der Waals surface area (Å²) in [7, 11) is 0. The molecule has 0 aromatic heterocycles. The molecule has 0 saturated heterocycles. The lowest BCUT2D eigenvalue weighted by Crippen LogP contribution is -2.10. The van der Waals surface area contributed by atoms with Gasteiger partial charge in [0, 0.05) is 0 Å². The molecule has 3 aromatic carbocycles. The Morgan fingerprint density at radius 2 is 1.06 bits per heavy atom. The average Bonchev–Trinajstić information content (AvgIpc) is 2.87. The second-order valence-electron chi connectivity index (χ2n) is 10.1. The van der Waals surface area contributed by atoms with Crippen LogP contribution in [0.2, 0.25) is 0 Å². The van der Waals surface area contributed by atoms with Crippen molar-refractivity contribution < 1.29 is 4.39 Å². The van der Waals surface area contributed by atoms with Crippen LogP contribution in [0.25, 0.3) is 11.1 Å². The fourth-order valence-electron chi connectivity index (χ4n) is 5.17. The van der Waals surface area contributed by atoms with Crippen LogP contribution >= 0.6 is 0 Å². The second kappa shape index (κ2) is 12.2. The topological polar surface area (TPSA) is 0 Å². The smallest absolute Gasteiger partial charge is 0.0894 e. The monoisotopic (exact) mass is 442 g/mol. The van der Waals surface area contributed by atoms with Crippen molar-refractivity contribution in [1.82, 2.24) is 0 Å². The van der Waals surface area contributed by atoms with E-state index in [2.05, 4.69) is 79.7 Å². The Morgan fingerprint density at radius 3 is 1.61 bits per heavy atom. The van der Waals surface area contributed by atoms with Gasteiger partial charge < -0.3 is 0 Å². The van der Waals surface area contributed by atoms with Crippen molar-refractivity contribution in [3.05, 3.63) is 95.1 Å². The second-order valence-corrected chi connectivity index (χ2v) is 10.1. The number of aryl methyl sites for hydroxylation is 3. The summed E-state index contributed by atoms with van der Waals surface area (Å²) in [5, 5.41) is 0. The highest BCUT2D eigenvalue weighted by molar-refractivity contribution is 5.64. The van der Waals surface area contributed by atoms with Crippen molar-refractivity contribution in [2.75, 3.05) is 6.67 Å². The van der Waals surface area contributed by atoms with Gasteiger partial charge in [-0.05, 0) is 90.2 Å². The summed E-state index contributed by atoms with van der Waals surface area (Å²) in [4.78, 5) is 0. The van der Waals surface area contributed by atoms with Gasteiger partial charge in [0.05, 0.1) is 6.67 Å². The predicted molar refractivity (Wildman–Crippen MR) is 140 cm³/mol. The molecule has 3 aromatic rings. The van der Waals surface area contributed by atoms with E-state index in [0.29, 0.717) is 6.42 Å². The summed E-state index contributed by atoms with van der Waals surface area (Å²) in [6, 6.07) is 27.4. The first-order valence-corrected chi connectivity index (χ1v) is 13.0. The molecule has 33 heavy (non-hydrogen) atoms. The van der Waals surface area contributed by atoms with Crippen LogP contribution in [0.5, 0.6) is 0 Å². The van der Waals surface area contributed by atoms with Crippen LogP contribution in [-0.4, -0.2) is 6.67 Å². The van der Waals surface area contributed by atoms with Crippen LogP contribution in [0.15, 0.2) is 72.8 Å². The zero-order valence-corrected chi connectivity index (χ0v) is 20.2. The van der Waals surface area contributed by atoms with Gasteiger partial charge >= 0.3 is 0 Å². The van der Waals surface area contributed by atoms with Gasteiger partial charge in [-0.3, -0.25) is 4.39 Å². The van der Waals surface area contributed by atoms with Gasteiger partial charge in [0.15, 0.2) is 0 Å². The van der Waals surface area contributed by atoms with Crippen molar-refractivity contribution >= 4 is 0 Å². The molecule has 0 heterocycles. The van der Waals surface area contributed by atoms with E-state index in [0.717, 1.165) is 43.9 Å². The van der Waals surface area contributed by atoms with Crippen LogP contribution in [0.4, 0.5) is 4.39 Å². The first kappa shape index (κ1) is 23.7. The zero-order chi connectivity index (χ0) is 22.9. The summed E-state index contributed by atoms with van der Waals surface area (Å²) < 4.78 is 12.2. The summed E-state index contributed by atoms with van der Waals surface area (Å²) in [6.45, 7) is 2.20. The molecule has 174 valence electrons. The number of unbranched alkanes of at least 4 members (excludes halogenated alkanes) is 2. The van der Waals surface area contributed by atoms with Crippen molar-refractivity contribution in [1.29, 1.82) is 0 Å². The SMILES string of the molecule is C[C@H]1CC[C@H](c2ccc(-c3ccc(CCc4ccc(CCCCCF)cc4)cc3)cc2)CC1. The van der Waals surface area contributed by atoms with E-state index in [4.69, 9.17) is 0 Å². The molecule has 0 radical (unpaired) electrons. The Morgan fingerprint density at radius 1 is 0.576 bits per heavy atom. The normalized spacial score (nSPS) is 18.4. The van der Waals surface area contributed by atoms with Gasteiger partial charge in [0.25, 0.3) is 0 Å². The summed E-state index contributed by atoms with van der Waals surface area (Å²) in [5.74, 6) is 1.66. The lowest BCUT2D eigenvalue weighted by molar-refractivity contribution is 0.348. The number of rotatable bonds is 10. The molecule has 1 saturated carbocycles. The summed E-state index contributed by atoms with van der Waals surface area (Å²) >= 11 is 0. The molecular formula is C32H39F. The minimum absolute atomic E-state index is 0.188. The number of hydrogen-bond acceptors (Lipinski definition) is 0. The highest BCUT2D eigenvalue weighted by atomic mass is 19.1. The standard InChI is InChI=1S/C32H39F/c1-25-6-16-29(17-7-25)31-20-22-32(23-21-31)30-18-14-28(15-19-30)13-12-27-10-8-26(9-11-27)5-3-2-4-24-33/h8-11,14-15,18-23,25,29H,2-7,12-13,16-17,24H2,1H3/t25-,29-. The van der Waals surface area contributed by atoms with Crippen LogP contribution in [0.1, 0.15) is 80.0 Å². The fourth-order valence-corrected chi connectivity index (χ4v) is 5.17. The van der Waals surface area contributed by atoms with Crippen LogP contribution < -0.4 is 0 Å². The van der Waals surface area contributed by atoms with Crippen molar-refractivity contribution in [2.45, 2.75) is 77.0 Å². The molecule has 0 spiro atoms. The number of halogens is 1. The Bertz CT molecular complexity index is 945. The van der Waals surface area contributed by atoms with E-state index in [-0.39, 0.29) is 6.67 Å². The highest BCUT2D eigenvalue weighted by Crippen LogP contribution is 2.36. The molecule has 0 aliphatic heterocycles. The van der Waals surface area contributed by atoms with Gasteiger partial charge in [0.1, 0.15) is 0 Å². The van der Waals surface area contributed by atoms with Gasteiger partial charge in [-0.15, -0.1) is 0 Å². The van der Waals surface area contributed by atoms with Crippen LogP contribution in [0.3, 0.4) is 0 Å². The fraction of sp³-hybridized carbons (Fsp3) is 0.438. The lowest BCUT2D eigenvalue weighted by Gasteiger charge is -2.26. The average molecular weight is 443 g/mol. The molecule has 0 unspecified atom stereocenters. The van der Waals surface area contributed by atoms with Crippen molar-refractivity contribution in [3.8, 4) is 11.1 Å². The minimum atomic E-state index is -0.188. The van der Waals surface area contributed by atoms with Crippen LogP contribution in [-0.2, 0) is 19.3 Å². The molecule has 0 bridgehead atoms. The molecule has 1 aliphatic rings. The Balaban J connectivity index is 1.27. The third kappa shape index (κ3) is 7.03. The van der Waals surface area contributed by atoms with E-state index >= 15 is 0 Å². The first-order valence-electron chi connectivity index (χ1n) is 13.0. The van der Waals surface area contributed by atoms with Gasteiger partial charge in [-0.1, -0.05) is 99.0 Å². The first-order chi connectivity index (χ1) is 16.2. The molecule has 0 N–H and O–H groups in total. The lowest BCUT2D eigenvalue weighted by atomic mass is 9.79. The molecule has 0 amide bonds. The van der Waals surface area contributed by atoms with E-state index < -0.39 is 0 Å².